The van der Waals surface area contributed by atoms with Gasteiger partial charge in [0.05, 0.1) is 6.42 Å². The fourth-order valence-corrected chi connectivity index (χ4v) is 6.43. The zero-order valence-electron chi connectivity index (χ0n) is 28.5. The summed E-state index contributed by atoms with van der Waals surface area (Å²) in [6.07, 6.45) is 11.7. The average molecular weight is 615 g/mol. The lowest BCUT2D eigenvalue weighted by Gasteiger charge is -2.29. The van der Waals surface area contributed by atoms with Crippen LogP contribution in [0.1, 0.15) is 118 Å². The Morgan fingerprint density at radius 1 is 0.911 bits per heavy atom. The summed E-state index contributed by atoms with van der Waals surface area (Å²) >= 11 is 0. The van der Waals surface area contributed by atoms with Crippen LogP contribution in [0.15, 0.2) is 65.8 Å². The van der Waals surface area contributed by atoms with E-state index in [1.165, 1.54) is 6.92 Å². The van der Waals surface area contributed by atoms with Gasteiger partial charge in [0.1, 0.15) is 28.9 Å². The molecule has 3 atom stereocenters. The predicted molar refractivity (Wildman–Crippen MR) is 184 cm³/mol. The molecule has 1 aliphatic rings. The van der Waals surface area contributed by atoms with Crippen molar-refractivity contribution in [2.45, 2.75) is 119 Å². The van der Waals surface area contributed by atoms with E-state index in [1.807, 2.05) is 45.0 Å². The molecule has 0 aromatic heterocycles. The van der Waals surface area contributed by atoms with Gasteiger partial charge >= 0.3 is 0 Å². The summed E-state index contributed by atoms with van der Waals surface area (Å²) in [4.78, 5) is 60.6. The Labute approximate surface area is 270 Å². The van der Waals surface area contributed by atoms with E-state index >= 15 is 0 Å². The molecule has 0 aliphatic heterocycles. The summed E-state index contributed by atoms with van der Waals surface area (Å²) in [6.45, 7) is 11.1. The molecule has 45 heavy (non-hydrogen) atoms. The summed E-state index contributed by atoms with van der Waals surface area (Å²) in [5.74, 6) is 0.884. The van der Waals surface area contributed by atoms with Gasteiger partial charge in [0, 0.05) is 38.0 Å². The second kappa shape index (κ2) is 19.8. The SMILES string of the molecule is CCC(C)=O.CCCC(CC1CC/C=C\C(CC(=O)Cc2cccc3ccccc23)=C(\C)CC(=O)C1)C(CC)C(=O)CC(C)=O. The van der Waals surface area contributed by atoms with Gasteiger partial charge < -0.3 is 4.79 Å². The summed E-state index contributed by atoms with van der Waals surface area (Å²) in [6, 6.07) is 14.2. The van der Waals surface area contributed by atoms with E-state index in [1.54, 1.807) is 6.92 Å². The third kappa shape index (κ3) is 13.2. The molecule has 2 aromatic carbocycles. The Morgan fingerprint density at radius 3 is 2.24 bits per heavy atom. The lowest BCUT2D eigenvalue weighted by Crippen LogP contribution is -2.27. The molecule has 0 fully saturated rings. The molecule has 0 saturated heterocycles. The highest BCUT2D eigenvalue weighted by molar-refractivity contribution is 5.99. The minimum Gasteiger partial charge on any atom is -0.300 e. The van der Waals surface area contributed by atoms with Crippen molar-refractivity contribution in [2.24, 2.45) is 17.8 Å². The third-order valence-electron chi connectivity index (χ3n) is 8.88. The van der Waals surface area contributed by atoms with Gasteiger partial charge in [-0.2, -0.15) is 0 Å². The number of ketones is 5. The van der Waals surface area contributed by atoms with Crippen LogP contribution in [0.3, 0.4) is 0 Å². The molecule has 0 spiro atoms. The number of fused-ring (bicyclic) bond motifs is 1. The number of carbonyl (C=O) groups is 5. The van der Waals surface area contributed by atoms with Crippen LogP contribution in [0.4, 0.5) is 0 Å². The highest BCUT2D eigenvalue weighted by atomic mass is 16.2. The van der Waals surface area contributed by atoms with Crippen molar-refractivity contribution < 1.29 is 24.0 Å². The van der Waals surface area contributed by atoms with Crippen molar-refractivity contribution in [2.75, 3.05) is 0 Å². The summed E-state index contributed by atoms with van der Waals surface area (Å²) in [5, 5.41) is 2.25. The standard InChI is InChI=1S/C36H46O4.C4H8O/c1-5-12-30(34(6-2)36(40)20-26(4)37)21-27-13-7-8-15-29(25(3)19-32(38)22-27)23-33(39)24-31-17-11-16-28-14-9-10-18-35(28)31;1-3-4(2)5/h8-11,14-18,27,30,34H,5-7,12-13,19-24H2,1-4H3;3H2,1-2H3/b15-8-,29-25+;. The van der Waals surface area contributed by atoms with E-state index in [4.69, 9.17) is 0 Å². The van der Waals surface area contributed by atoms with Crippen LogP contribution in [-0.2, 0) is 30.4 Å². The maximum atomic E-state index is 13.2. The number of Topliss-reactive ketones (excluding diaryl/α,β-unsaturated/α-hetero) is 5. The fourth-order valence-electron chi connectivity index (χ4n) is 6.43. The van der Waals surface area contributed by atoms with Crippen molar-refractivity contribution >= 4 is 39.7 Å². The van der Waals surface area contributed by atoms with Crippen LogP contribution in [-0.4, -0.2) is 28.9 Å². The lowest BCUT2D eigenvalue weighted by molar-refractivity contribution is -0.130. The Balaban J connectivity index is 0.00000130. The zero-order chi connectivity index (χ0) is 33.4. The maximum Gasteiger partial charge on any atom is 0.143 e. The minimum atomic E-state index is -0.120. The molecule has 2 aromatic rings. The Hall–Kier alpha value is -3.47. The lowest BCUT2D eigenvalue weighted by atomic mass is 9.75. The van der Waals surface area contributed by atoms with E-state index in [0.29, 0.717) is 32.1 Å². The first kappa shape index (κ1) is 37.7. The van der Waals surface area contributed by atoms with Crippen LogP contribution in [0, 0.1) is 17.8 Å². The van der Waals surface area contributed by atoms with Gasteiger partial charge in [-0.25, -0.2) is 0 Å². The van der Waals surface area contributed by atoms with Crippen molar-refractivity contribution in [1.82, 2.24) is 0 Å². The number of benzene rings is 2. The summed E-state index contributed by atoms with van der Waals surface area (Å²) in [5.41, 5.74) is 2.97. The first-order valence-electron chi connectivity index (χ1n) is 16.9. The highest BCUT2D eigenvalue weighted by Crippen LogP contribution is 2.34. The predicted octanol–water partition coefficient (Wildman–Crippen LogP) is 9.34. The van der Waals surface area contributed by atoms with Gasteiger partial charge in [-0.1, -0.05) is 93.8 Å². The quantitative estimate of drug-likeness (QED) is 0.198. The van der Waals surface area contributed by atoms with Crippen molar-refractivity contribution in [3.8, 4) is 0 Å². The maximum absolute atomic E-state index is 13.2. The molecule has 5 heteroatoms. The van der Waals surface area contributed by atoms with Crippen molar-refractivity contribution in [3.05, 3.63) is 71.3 Å². The first-order valence-corrected chi connectivity index (χ1v) is 16.9. The molecule has 5 nitrogen and oxygen atoms in total. The van der Waals surface area contributed by atoms with Gasteiger partial charge in [0.2, 0.25) is 0 Å². The molecule has 3 unspecified atom stereocenters. The molecular formula is C40H54O5. The molecule has 0 N–H and O–H groups in total. The van der Waals surface area contributed by atoms with Crippen LogP contribution in [0.2, 0.25) is 0 Å². The van der Waals surface area contributed by atoms with Crippen LogP contribution >= 0.6 is 0 Å². The topological polar surface area (TPSA) is 85.3 Å². The Bertz CT molecular complexity index is 1370. The van der Waals surface area contributed by atoms with Crippen LogP contribution in [0.5, 0.6) is 0 Å². The van der Waals surface area contributed by atoms with Gasteiger partial charge in [0.25, 0.3) is 0 Å². The third-order valence-corrected chi connectivity index (χ3v) is 8.88. The second-order valence-electron chi connectivity index (χ2n) is 12.8. The van der Waals surface area contributed by atoms with Crippen molar-refractivity contribution in [3.63, 3.8) is 0 Å². The number of hydrogen-bond donors (Lipinski definition) is 0. The van der Waals surface area contributed by atoms with E-state index in [-0.39, 0.29) is 53.1 Å². The van der Waals surface area contributed by atoms with E-state index in [9.17, 15) is 24.0 Å². The molecule has 0 amide bonds. The molecule has 0 saturated carbocycles. The molecule has 0 heterocycles. The Kier molecular flexibility index (Phi) is 16.6. The van der Waals surface area contributed by atoms with E-state index in [2.05, 4.69) is 37.3 Å². The number of hydrogen-bond acceptors (Lipinski definition) is 5. The molecule has 1 aliphatic carbocycles. The highest BCUT2D eigenvalue weighted by Gasteiger charge is 2.29. The van der Waals surface area contributed by atoms with E-state index < -0.39 is 0 Å². The molecular weight excluding hydrogens is 560 g/mol. The molecule has 244 valence electrons. The number of carbonyl (C=O) groups excluding carboxylic acids is 5. The molecule has 0 bridgehead atoms. The smallest absolute Gasteiger partial charge is 0.143 e. The molecule has 3 rings (SSSR count). The van der Waals surface area contributed by atoms with Crippen molar-refractivity contribution in [1.29, 1.82) is 0 Å². The minimum absolute atomic E-state index is 0.0110. The summed E-state index contributed by atoms with van der Waals surface area (Å²) < 4.78 is 0. The van der Waals surface area contributed by atoms with Gasteiger partial charge in [-0.3, -0.25) is 19.2 Å². The zero-order valence-corrected chi connectivity index (χ0v) is 28.5. The normalized spacial score (nSPS) is 19.2. The second-order valence-corrected chi connectivity index (χ2v) is 12.8. The largest absolute Gasteiger partial charge is 0.300 e. The molecule has 0 radical (unpaired) electrons. The monoisotopic (exact) mass is 614 g/mol. The summed E-state index contributed by atoms with van der Waals surface area (Å²) in [7, 11) is 0. The van der Waals surface area contributed by atoms with E-state index in [0.717, 1.165) is 66.0 Å². The first-order chi connectivity index (χ1) is 21.5. The van der Waals surface area contributed by atoms with Gasteiger partial charge in [-0.05, 0) is 80.2 Å². The van der Waals surface area contributed by atoms with Gasteiger partial charge in [-0.15, -0.1) is 0 Å². The van der Waals surface area contributed by atoms with Crippen LogP contribution in [0.25, 0.3) is 10.8 Å². The number of allylic oxidation sites excluding steroid dienone is 4. The van der Waals surface area contributed by atoms with Crippen LogP contribution < -0.4 is 0 Å². The average Bonchev–Trinajstić information content (AvgIpc) is 2.98. The Morgan fingerprint density at radius 2 is 1.60 bits per heavy atom. The fraction of sp³-hybridized carbons (Fsp3) is 0.525. The van der Waals surface area contributed by atoms with Gasteiger partial charge in [0.15, 0.2) is 0 Å². The number of rotatable bonds is 14.